The van der Waals surface area contributed by atoms with E-state index in [2.05, 4.69) is 0 Å². The number of fused-ring (bicyclic) bond motifs is 1. The largest absolute Gasteiger partial charge is 0.507 e. The predicted octanol–water partition coefficient (Wildman–Crippen LogP) is -1.74. The summed E-state index contributed by atoms with van der Waals surface area (Å²) in [4.78, 5) is 13.1. The molecule has 41 heavy (non-hydrogen) atoms. The minimum Gasteiger partial charge on any atom is -0.507 e. The summed E-state index contributed by atoms with van der Waals surface area (Å²) in [7, 11) is 0. The molecule has 0 amide bonds. The Balaban J connectivity index is 1.59. The van der Waals surface area contributed by atoms with Crippen molar-refractivity contribution in [2.75, 3.05) is 19.8 Å². The van der Waals surface area contributed by atoms with Gasteiger partial charge in [0, 0.05) is 17.7 Å². The van der Waals surface area contributed by atoms with Gasteiger partial charge in [0.05, 0.1) is 25.4 Å². The maximum atomic E-state index is 13.1. The van der Waals surface area contributed by atoms with Crippen LogP contribution in [0.4, 0.5) is 0 Å². The van der Waals surface area contributed by atoms with E-state index in [1.165, 1.54) is 6.07 Å². The molecule has 15 heteroatoms. The van der Waals surface area contributed by atoms with Crippen molar-refractivity contribution >= 4 is 11.0 Å². The first-order valence-electron chi connectivity index (χ1n) is 12.4. The molecule has 8 atom stereocenters. The van der Waals surface area contributed by atoms with Crippen LogP contribution in [-0.2, 0) is 14.2 Å². The van der Waals surface area contributed by atoms with E-state index >= 15 is 0 Å². The van der Waals surface area contributed by atoms with Crippen LogP contribution >= 0.6 is 0 Å². The predicted molar refractivity (Wildman–Crippen MR) is 134 cm³/mol. The van der Waals surface area contributed by atoms with Gasteiger partial charge in [0.1, 0.15) is 70.5 Å². The van der Waals surface area contributed by atoms with Gasteiger partial charge in [-0.1, -0.05) is 0 Å². The number of ether oxygens (including phenoxy) is 3. The highest BCUT2D eigenvalue weighted by Gasteiger charge is 2.53. The SMILES string of the molecule is O=c1cc(-c2ccc(O)c(O)c2)oc2cc(O)c(C3OC(CO)C(O)C(O)C3OC3OCC(O)(CO)C3O)c(O)c12. The Labute approximate surface area is 229 Å². The fourth-order valence-electron chi connectivity index (χ4n) is 4.94. The van der Waals surface area contributed by atoms with Crippen molar-refractivity contribution in [2.24, 2.45) is 0 Å². The van der Waals surface area contributed by atoms with Gasteiger partial charge in [-0.15, -0.1) is 0 Å². The van der Waals surface area contributed by atoms with Gasteiger partial charge in [-0.25, -0.2) is 0 Å². The second-order valence-corrected chi connectivity index (χ2v) is 9.96. The number of aromatic hydroxyl groups is 4. The second kappa shape index (κ2) is 10.7. The summed E-state index contributed by atoms with van der Waals surface area (Å²) in [6.07, 6.45) is -12.0. The molecule has 0 bridgehead atoms. The van der Waals surface area contributed by atoms with Crippen molar-refractivity contribution in [2.45, 2.75) is 48.5 Å². The topological polar surface area (TPSA) is 260 Å². The molecule has 2 aromatic carbocycles. The molecule has 0 aliphatic carbocycles. The van der Waals surface area contributed by atoms with E-state index in [1.54, 1.807) is 0 Å². The molecule has 10 N–H and O–H groups in total. The third-order valence-electron chi connectivity index (χ3n) is 7.29. The van der Waals surface area contributed by atoms with Crippen LogP contribution in [0, 0.1) is 0 Å². The fourth-order valence-corrected chi connectivity index (χ4v) is 4.94. The quantitative estimate of drug-likeness (QED) is 0.145. The lowest BCUT2D eigenvalue weighted by molar-refractivity contribution is -0.287. The van der Waals surface area contributed by atoms with E-state index in [0.29, 0.717) is 0 Å². The Bertz CT molecular complexity index is 1500. The number of aliphatic hydroxyl groups excluding tert-OH is 5. The van der Waals surface area contributed by atoms with Crippen molar-refractivity contribution in [3.05, 3.63) is 46.1 Å². The Morgan fingerprint density at radius 1 is 0.951 bits per heavy atom. The molecule has 3 aromatic rings. The minimum atomic E-state index is -2.11. The normalized spacial score (nSPS) is 32.0. The van der Waals surface area contributed by atoms with Crippen LogP contribution in [-0.4, -0.2) is 113 Å². The molecule has 2 aliphatic rings. The van der Waals surface area contributed by atoms with E-state index in [4.69, 9.17) is 18.6 Å². The second-order valence-electron chi connectivity index (χ2n) is 9.96. The van der Waals surface area contributed by atoms with Gasteiger partial charge in [-0.3, -0.25) is 4.79 Å². The molecule has 5 rings (SSSR count). The molecule has 0 spiro atoms. The molecular formula is C26H28O15. The molecule has 2 saturated heterocycles. The standard InChI is InChI=1S/C26H28O15/c27-6-16-19(33)21(35)23(41-25-24(36)26(37,7-28)8-38-25)22(40-16)18-13(32)5-15-17(20(18)34)12(31)4-14(39-15)9-1-2-10(29)11(30)3-9/h1-5,16,19,21-25,27-30,32-37H,6-8H2. The van der Waals surface area contributed by atoms with Gasteiger partial charge < -0.3 is 69.7 Å². The van der Waals surface area contributed by atoms with Crippen molar-refractivity contribution in [1.29, 1.82) is 0 Å². The number of phenolic OH excluding ortho intramolecular Hbond substituents is 4. The fraction of sp³-hybridized carbons (Fsp3) is 0.423. The number of hydrogen-bond acceptors (Lipinski definition) is 15. The van der Waals surface area contributed by atoms with Gasteiger partial charge in [-0.2, -0.15) is 0 Å². The first kappa shape index (κ1) is 29.0. The average molecular weight is 580 g/mol. The summed E-state index contributed by atoms with van der Waals surface area (Å²) in [6.45, 7) is -2.27. The van der Waals surface area contributed by atoms with Gasteiger partial charge in [0.15, 0.2) is 23.2 Å². The third-order valence-corrected chi connectivity index (χ3v) is 7.29. The summed E-state index contributed by atoms with van der Waals surface area (Å²) in [5.74, 6) is -2.55. The smallest absolute Gasteiger partial charge is 0.197 e. The van der Waals surface area contributed by atoms with Crippen LogP contribution < -0.4 is 5.43 Å². The number of rotatable bonds is 6. The monoisotopic (exact) mass is 580 g/mol. The molecule has 15 nitrogen and oxygen atoms in total. The summed E-state index contributed by atoms with van der Waals surface area (Å²) < 4.78 is 22.2. The van der Waals surface area contributed by atoms with Crippen molar-refractivity contribution in [1.82, 2.24) is 0 Å². The number of aliphatic hydroxyl groups is 6. The van der Waals surface area contributed by atoms with Gasteiger partial charge >= 0.3 is 0 Å². The maximum Gasteiger partial charge on any atom is 0.197 e. The average Bonchev–Trinajstić information content (AvgIpc) is 3.22. The zero-order valence-electron chi connectivity index (χ0n) is 21.1. The van der Waals surface area contributed by atoms with Crippen LogP contribution in [0.25, 0.3) is 22.3 Å². The van der Waals surface area contributed by atoms with E-state index in [-0.39, 0.29) is 16.9 Å². The number of hydrogen-bond donors (Lipinski definition) is 10. The van der Waals surface area contributed by atoms with E-state index < -0.39 is 108 Å². The van der Waals surface area contributed by atoms with Gasteiger partial charge in [-0.05, 0) is 18.2 Å². The van der Waals surface area contributed by atoms with E-state index in [0.717, 1.165) is 24.3 Å². The Kier molecular flexibility index (Phi) is 7.58. The molecule has 1 aromatic heterocycles. The zero-order valence-corrected chi connectivity index (χ0v) is 21.1. The molecule has 2 fully saturated rings. The lowest BCUT2D eigenvalue weighted by atomic mass is 9.89. The van der Waals surface area contributed by atoms with Crippen LogP contribution in [0.1, 0.15) is 11.7 Å². The van der Waals surface area contributed by atoms with E-state index in [1.807, 2.05) is 0 Å². The maximum absolute atomic E-state index is 13.1. The number of phenols is 4. The molecule has 3 heterocycles. The molecule has 0 saturated carbocycles. The Morgan fingerprint density at radius 2 is 1.68 bits per heavy atom. The van der Waals surface area contributed by atoms with Gasteiger partial charge in [0.2, 0.25) is 0 Å². The molecule has 2 aliphatic heterocycles. The molecule has 8 unspecified atom stereocenters. The molecule has 0 radical (unpaired) electrons. The highest BCUT2D eigenvalue weighted by Crippen LogP contribution is 2.46. The number of benzene rings is 2. The highest BCUT2D eigenvalue weighted by atomic mass is 16.7. The molecule has 222 valence electrons. The minimum absolute atomic E-state index is 0.0814. The van der Waals surface area contributed by atoms with Gasteiger partial charge in [0.25, 0.3) is 0 Å². The van der Waals surface area contributed by atoms with Crippen LogP contribution in [0.5, 0.6) is 23.0 Å². The van der Waals surface area contributed by atoms with E-state index in [9.17, 15) is 55.9 Å². The first-order valence-corrected chi connectivity index (χ1v) is 12.4. The Hall–Kier alpha value is -3.51. The first-order chi connectivity index (χ1) is 19.4. The summed E-state index contributed by atoms with van der Waals surface area (Å²) in [5, 5.41) is 102. The highest BCUT2D eigenvalue weighted by molar-refractivity contribution is 5.88. The summed E-state index contributed by atoms with van der Waals surface area (Å²) >= 11 is 0. The third kappa shape index (κ3) is 4.86. The van der Waals surface area contributed by atoms with Crippen LogP contribution in [0.2, 0.25) is 0 Å². The lowest BCUT2D eigenvalue weighted by Gasteiger charge is -2.43. The summed E-state index contributed by atoms with van der Waals surface area (Å²) in [6, 6.07) is 5.59. The van der Waals surface area contributed by atoms with Crippen LogP contribution in [0.15, 0.2) is 39.5 Å². The molecular weight excluding hydrogens is 552 g/mol. The van der Waals surface area contributed by atoms with Crippen molar-refractivity contribution in [3.63, 3.8) is 0 Å². The van der Waals surface area contributed by atoms with Crippen molar-refractivity contribution in [3.8, 4) is 34.3 Å². The zero-order chi connectivity index (χ0) is 29.8. The lowest BCUT2D eigenvalue weighted by Crippen LogP contribution is -2.58. The Morgan fingerprint density at radius 3 is 2.32 bits per heavy atom. The summed E-state index contributed by atoms with van der Waals surface area (Å²) in [5.41, 5.74) is -3.52. The van der Waals surface area contributed by atoms with Crippen molar-refractivity contribution < 1.29 is 69.7 Å². The van der Waals surface area contributed by atoms with Crippen LogP contribution in [0.3, 0.4) is 0 Å².